The Hall–Kier alpha value is -3.30. The number of aromatic amines is 1. The van der Waals surface area contributed by atoms with Crippen molar-refractivity contribution >= 4 is 16.7 Å². The fraction of sp³-hybridized carbons (Fsp3) is 0.429. The Morgan fingerprint density at radius 3 is 2.74 bits per heavy atom. The Bertz CT molecular complexity index is 1360. The summed E-state index contributed by atoms with van der Waals surface area (Å²) >= 11 is 0. The molecule has 2 aliphatic carbocycles. The molecule has 1 saturated carbocycles. The van der Waals surface area contributed by atoms with Crippen molar-refractivity contribution in [3.63, 3.8) is 0 Å². The first-order valence-corrected chi connectivity index (χ1v) is 12.3. The molecule has 3 aromatic rings. The predicted molar refractivity (Wildman–Crippen MR) is 130 cm³/mol. The molecule has 3 aliphatic rings. The van der Waals surface area contributed by atoms with Gasteiger partial charge in [0.05, 0.1) is 17.2 Å². The van der Waals surface area contributed by atoms with Crippen LogP contribution in [0.25, 0.3) is 10.9 Å². The molecule has 0 bridgehead atoms. The molecule has 1 aliphatic heterocycles. The van der Waals surface area contributed by atoms with Crippen molar-refractivity contribution in [1.82, 2.24) is 9.88 Å². The number of carbonyl (C=O) groups is 1. The molecule has 34 heavy (non-hydrogen) atoms. The van der Waals surface area contributed by atoms with Gasteiger partial charge in [-0.15, -0.1) is 0 Å². The van der Waals surface area contributed by atoms with Crippen LogP contribution in [0.3, 0.4) is 0 Å². The molecule has 6 rings (SSSR count). The normalized spacial score (nSPS) is 22.0. The fourth-order valence-corrected chi connectivity index (χ4v) is 5.93. The number of carbonyl (C=O) groups excluding carboxylic acids is 1. The first-order valence-electron chi connectivity index (χ1n) is 12.3. The van der Waals surface area contributed by atoms with Crippen LogP contribution in [0, 0.1) is 11.3 Å². The number of rotatable bonds is 3. The number of benzene rings is 2. The van der Waals surface area contributed by atoms with E-state index < -0.39 is 5.41 Å². The number of ether oxygens (including phenoxy) is 1. The van der Waals surface area contributed by atoms with Gasteiger partial charge in [0.15, 0.2) is 17.3 Å². The predicted octanol–water partition coefficient (Wildman–Crippen LogP) is 5.01. The van der Waals surface area contributed by atoms with Crippen molar-refractivity contribution in [3.8, 4) is 17.6 Å². The molecule has 2 N–H and O–H groups in total. The van der Waals surface area contributed by atoms with Gasteiger partial charge in [0.1, 0.15) is 6.10 Å². The molecule has 1 atom stereocenters. The van der Waals surface area contributed by atoms with Gasteiger partial charge in [-0.25, -0.2) is 0 Å². The first kappa shape index (κ1) is 21.2. The van der Waals surface area contributed by atoms with Crippen LogP contribution in [0.5, 0.6) is 11.5 Å². The summed E-state index contributed by atoms with van der Waals surface area (Å²) in [7, 11) is 0. The average Bonchev–Trinajstić information content (AvgIpc) is 3.18. The van der Waals surface area contributed by atoms with Gasteiger partial charge in [-0.2, -0.15) is 5.26 Å². The number of aromatic nitrogens is 1. The Labute approximate surface area is 199 Å². The highest BCUT2D eigenvalue weighted by molar-refractivity contribution is 6.20. The smallest absolute Gasteiger partial charge is 0.195 e. The Morgan fingerprint density at radius 2 is 2.00 bits per heavy atom. The first-order chi connectivity index (χ1) is 16.4. The summed E-state index contributed by atoms with van der Waals surface area (Å²) in [6.07, 6.45) is 5.96. The van der Waals surface area contributed by atoms with E-state index in [1.807, 2.05) is 12.1 Å². The fourth-order valence-electron chi connectivity index (χ4n) is 5.93. The number of hydrogen-bond donors (Lipinski definition) is 2. The number of nitrogens with one attached hydrogen (secondary N) is 1. The lowest BCUT2D eigenvalue weighted by molar-refractivity contribution is 0.0346. The molecule has 2 aromatic carbocycles. The van der Waals surface area contributed by atoms with Gasteiger partial charge in [-0.1, -0.05) is 26.3 Å². The summed E-state index contributed by atoms with van der Waals surface area (Å²) in [5.74, 6) is 0.348. The zero-order valence-electron chi connectivity index (χ0n) is 19.6. The van der Waals surface area contributed by atoms with Crippen molar-refractivity contribution < 1.29 is 14.6 Å². The Balaban J connectivity index is 1.37. The quantitative estimate of drug-likeness (QED) is 0.579. The molecule has 0 radical (unpaired) electrons. The summed E-state index contributed by atoms with van der Waals surface area (Å²) in [5, 5.41) is 20.9. The third-order valence-corrected chi connectivity index (χ3v) is 8.09. The average molecular weight is 456 g/mol. The van der Waals surface area contributed by atoms with E-state index in [0.717, 1.165) is 48.1 Å². The zero-order valence-corrected chi connectivity index (χ0v) is 19.6. The second-order valence-corrected chi connectivity index (χ2v) is 10.5. The van der Waals surface area contributed by atoms with Crippen molar-refractivity contribution in [1.29, 1.82) is 5.26 Å². The van der Waals surface area contributed by atoms with E-state index in [4.69, 9.17) is 4.74 Å². The number of phenols is 1. The topological polar surface area (TPSA) is 89.3 Å². The van der Waals surface area contributed by atoms with Gasteiger partial charge in [0.25, 0.3) is 0 Å². The van der Waals surface area contributed by atoms with Crippen molar-refractivity contribution in [2.75, 3.05) is 13.1 Å². The minimum Gasteiger partial charge on any atom is -0.504 e. The van der Waals surface area contributed by atoms with Crippen LogP contribution < -0.4 is 4.74 Å². The van der Waals surface area contributed by atoms with E-state index in [1.54, 1.807) is 18.2 Å². The number of ketones is 1. The second kappa shape index (κ2) is 7.61. The van der Waals surface area contributed by atoms with E-state index in [0.29, 0.717) is 28.5 Å². The van der Waals surface area contributed by atoms with Crippen LogP contribution in [0.4, 0.5) is 0 Å². The number of nitriles is 1. The van der Waals surface area contributed by atoms with Crippen LogP contribution in [0.1, 0.15) is 78.7 Å². The SMILES string of the molecule is CC1(C)c2cc(O[C@H]3CCCN(C4CCC4)C3)c(O)cc2C(=O)c2c1[nH]c1cc(C#N)ccc21. The minimum absolute atomic E-state index is 0.0127. The summed E-state index contributed by atoms with van der Waals surface area (Å²) in [5.41, 5.74) is 3.63. The summed E-state index contributed by atoms with van der Waals surface area (Å²) in [6.45, 7) is 6.17. The molecule has 0 unspecified atom stereocenters. The number of hydrogen-bond acceptors (Lipinski definition) is 5. The number of piperidine rings is 1. The summed E-state index contributed by atoms with van der Waals surface area (Å²) in [4.78, 5) is 19.5. The van der Waals surface area contributed by atoms with Crippen LogP contribution >= 0.6 is 0 Å². The lowest BCUT2D eigenvalue weighted by atomic mass is 9.71. The highest BCUT2D eigenvalue weighted by atomic mass is 16.5. The monoisotopic (exact) mass is 455 g/mol. The molecule has 6 nitrogen and oxygen atoms in total. The van der Waals surface area contributed by atoms with Crippen LogP contribution in [-0.4, -0.2) is 46.0 Å². The van der Waals surface area contributed by atoms with Crippen LogP contribution in [0.15, 0.2) is 30.3 Å². The number of likely N-dealkylation sites (tertiary alicyclic amines) is 1. The molecule has 6 heteroatoms. The van der Waals surface area contributed by atoms with Gasteiger partial charge in [-0.05, 0) is 62.1 Å². The largest absolute Gasteiger partial charge is 0.504 e. The number of nitrogens with zero attached hydrogens (tertiary/aromatic N) is 2. The Morgan fingerprint density at radius 1 is 1.18 bits per heavy atom. The highest BCUT2D eigenvalue weighted by Crippen LogP contribution is 2.47. The lowest BCUT2D eigenvalue weighted by Crippen LogP contribution is -2.49. The zero-order chi connectivity index (χ0) is 23.6. The van der Waals surface area contributed by atoms with Gasteiger partial charge in [0, 0.05) is 40.2 Å². The molecule has 0 spiro atoms. The summed E-state index contributed by atoms with van der Waals surface area (Å²) < 4.78 is 6.36. The van der Waals surface area contributed by atoms with Gasteiger partial charge in [-0.3, -0.25) is 9.69 Å². The third-order valence-electron chi connectivity index (χ3n) is 8.09. The van der Waals surface area contributed by atoms with E-state index in [-0.39, 0.29) is 17.6 Å². The van der Waals surface area contributed by atoms with E-state index in [2.05, 4.69) is 29.8 Å². The van der Waals surface area contributed by atoms with Crippen LogP contribution in [-0.2, 0) is 5.41 Å². The maximum atomic E-state index is 13.6. The maximum Gasteiger partial charge on any atom is 0.195 e. The third kappa shape index (κ3) is 3.14. The number of aromatic hydroxyl groups is 1. The summed E-state index contributed by atoms with van der Waals surface area (Å²) in [6, 6.07) is 11.6. The highest BCUT2D eigenvalue weighted by Gasteiger charge is 2.41. The van der Waals surface area contributed by atoms with E-state index in [9.17, 15) is 15.2 Å². The van der Waals surface area contributed by atoms with Crippen molar-refractivity contribution in [2.45, 2.75) is 63.5 Å². The maximum absolute atomic E-state index is 13.6. The van der Waals surface area contributed by atoms with Gasteiger partial charge in [0.2, 0.25) is 0 Å². The molecule has 174 valence electrons. The molecular formula is C28H29N3O3. The molecule has 1 aromatic heterocycles. The standard InChI is InChI=1S/C28H29N3O3/c1-28(2)21-13-24(34-18-7-4-10-31(15-18)17-5-3-6-17)23(32)12-20(21)26(33)25-19-9-8-16(14-29)11-22(19)30-27(25)28/h8-9,11-13,17-18,30,32H,3-7,10,15H2,1-2H3/t18-/m0/s1. The number of H-pyrrole nitrogens is 1. The molecule has 0 amide bonds. The second-order valence-electron chi connectivity index (χ2n) is 10.5. The van der Waals surface area contributed by atoms with E-state index in [1.165, 1.54) is 19.3 Å². The minimum atomic E-state index is -0.499. The van der Waals surface area contributed by atoms with Crippen molar-refractivity contribution in [2.24, 2.45) is 0 Å². The molecular weight excluding hydrogens is 426 g/mol. The van der Waals surface area contributed by atoms with Crippen LogP contribution in [0.2, 0.25) is 0 Å². The number of fused-ring (bicyclic) bond motifs is 4. The molecule has 1 saturated heterocycles. The number of phenolic OH excluding ortho intramolecular Hbond substituents is 1. The molecule has 2 heterocycles. The lowest BCUT2D eigenvalue weighted by Gasteiger charge is -2.42. The van der Waals surface area contributed by atoms with E-state index >= 15 is 0 Å². The van der Waals surface area contributed by atoms with Crippen molar-refractivity contribution in [3.05, 3.63) is 58.3 Å². The van der Waals surface area contributed by atoms with Gasteiger partial charge < -0.3 is 14.8 Å². The Kier molecular flexibility index (Phi) is 4.76. The molecule has 2 fully saturated rings. The van der Waals surface area contributed by atoms with Gasteiger partial charge >= 0.3 is 0 Å².